The molecule has 4 aromatic rings. The Bertz CT molecular complexity index is 1910. The monoisotopic (exact) mass is 619 g/mol. The molecule has 3 heterocycles. The summed E-state index contributed by atoms with van der Waals surface area (Å²) in [5.41, 5.74) is 4.81. The van der Waals surface area contributed by atoms with E-state index in [-0.39, 0.29) is 23.6 Å². The molecule has 0 saturated heterocycles. The van der Waals surface area contributed by atoms with Crippen LogP contribution in [-0.4, -0.2) is 34.2 Å². The summed E-state index contributed by atoms with van der Waals surface area (Å²) < 4.78 is 19.4. The van der Waals surface area contributed by atoms with Gasteiger partial charge in [-0.2, -0.15) is 0 Å². The number of aliphatic carboxylic acids is 1. The van der Waals surface area contributed by atoms with E-state index in [0.29, 0.717) is 58.2 Å². The minimum Gasteiger partial charge on any atom is -0.507 e. The van der Waals surface area contributed by atoms with Gasteiger partial charge in [-0.3, -0.25) is 4.79 Å². The predicted octanol–water partition coefficient (Wildman–Crippen LogP) is 8.33. The minimum absolute atomic E-state index is 0.0883. The molecule has 4 aromatic carbocycles. The van der Waals surface area contributed by atoms with E-state index in [1.54, 1.807) is 18.2 Å². The highest BCUT2D eigenvalue weighted by Gasteiger charge is 2.54. The largest absolute Gasteiger partial charge is 0.507 e. The van der Waals surface area contributed by atoms with Crippen molar-refractivity contribution in [3.63, 3.8) is 0 Å². The number of rotatable bonds is 6. The van der Waals surface area contributed by atoms with Crippen LogP contribution in [0, 0.1) is 13.8 Å². The van der Waals surface area contributed by atoms with Gasteiger partial charge in [-0.15, -0.1) is 0 Å². The van der Waals surface area contributed by atoms with E-state index in [0.717, 1.165) is 28.8 Å². The molecular formula is C38H37NO7. The van der Waals surface area contributed by atoms with E-state index < -0.39 is 17.5 Å². The van der Waals surface area contributed by atoms with E-state index in [1.165, 1.54) is 0 Å². The van der Waals surface area contributed by atoms with Gasteiger partial charge >= 0.3 is 11.9 Å². The molecule has 46 heavy (non-hydrogen) atoms. The summed E-state index contributed by atoms with van der Waals surface area (Å²) in [4.78, 5) is 27.1. The van der Waals surface area contributed by atoms with Crippen LogP contribution >= 0.6 is 0 Å². The van der Waals surface area contributed by atoms with Crippen LogP contribution < -0.4 is 14.4 Å². The van der Waals surface area contributed by atoms with Gasteiger partial charge < -0.3 is 29.3 Å². The first-order valence-electron chi connectivity index (χ1n) is 15.7. The molecular weight excluding hydrogens is 582 g/mol. The number of fused-ring (bicyclic) bond motifs is 7. The number of phenols is 1. The number of nitrogens with zero attached hydrogens (tertiary/aromatic N) is 1. The van der Waals surface area contributed by atoms with Crippen molar-refractivity contribution < 1.29 is 34.0 Å². The SMILES string of the molecule is Cc1cc(Oc2ccc3c(c2)Oc2cc4c(cc2C32OC(=O)c3ccccc32)C(C)CC(C)(C)N4CCCC(=O)O)cc(C)c1O. The van der Waals surface area contributed by atoms with Gasteiger partial charge in [-0.25, -0.2) is 4.79 Å². The Morgan fingerprint density at radius 2 is 1.67 bits per heavy atom. The zero-order valence-corrected chi connectivity index (χ0v) is 26.6. The maximum atomic E-state index is 13.5. The van der Waals surface area contributed by atoms with Gasteiger partial charge in [0, 0.05) is 53.0 Å². The van der Waals surface area contributed by atoms with Gasteiger partial charge in [0.05, 0.1) is 5.56 Å². The summed E-state index contributed by atoms with van der Waals surface area (Å²) in [6.45, 7) is 10.8. The number of carboxylic acids is 1. The first-order chi connectivity index (χ1) is 21.9. The maximum absolute atomic E-state index is 13.5. The van der Waals surface area contributed by atoms with Gasteiger partial charge in [-0.05, 0) is 99.5 Å². The number of benzene rings is 4. The molecule has 8 heteroatoms. The fourth-order valence-electron chi connectivity index (χ4n) is 7.61. The van der Waals surface area contributed by atoms with Crippen LogP contribution in [0.3, 0.4) is 0 Å². The predicted molar refractivity (Wildman–Crippen MR) is 174 cm³/mol. The number of aryl methyl sites for hydroxylation is 2. The summed E-state index contributed by atoms with van der Waals surface area (Å²) in [5.74, 6) is 1.41. The number of carboxylic acid groups (broad SMARTS) is 1. The van der Waals surface area contributed by atoms with E-state index in [2.05, 4.69) is 31.7 Å². The molecule has 0 fully saturated rings. The van der Waals surface area contributed by atoms with Crippen LogP contribution in [0.2, 0.25) is 0 Å². The summed E-state index contributed by atoms with van der Waals surface area (Å²) in [6, 6.07) is 20.7. The average molecular weight is 620 g/mol. The van der Waals surface area contributed by atoms with E-state index in [9.17, 15) is 19.8 Å². The highest BCUT2D eigenvalue weighted by molar-refractivity contribution is 5.97. The smallest absolute Gasteiger partial charge is 0.340 e. The summed E-state index contributed by atoms with van der Waals surface area (Å²) in [7, 11) is 0. The summed E-state index contributed by atoms with van der Waals surface area (Å²) in [5, 5.41) is 19.6. The zero-order valence-electron chi connectivity index (χ0n) is 26.6. The van der Waals surface area contributed by atoms with Crippen LogP contribution in [0.15, 0.2) is 66.7 Å². The Kier molecular flexibility index (Phi) is 6.81. The van der Waals surface area contributed by atoms with Crippen molar-refractivity contribution >= 4 is 17.6 Å². The van der Waals surface area contributed by atoms with Gasteiger partial charge in [0.1, 0.15) is 28.7 Å². The molecule has 3 aliphatic rings. The number of carbonyl (C=O) groups excluding carboxylic acids is 1. The van der Waals surface area contributed by atoms with Gasteiger partial charge in [-0.1, -0.05) is 25.1 Å². The molecule has 0 saturated carbocycles. The van der Waals surface area contributed by atoms with Gasteiger partial charge in [0.15, 0.2) is 5.60 Å². The topological polar surface area (TPSA) is 106 Å². The quantitative estimate of drug-likeness (QED) is 0.208. The molecule has 1 spiro atoms. The van der Waals surface area contributed by atoms with Crippen LogP contribution in [-0.2, 0) is 15.1 Å². The number of phenolic OH excluding ortho intramolecular Hbond substituents is 1. The average Bonchev–Trinajstić information content (AvgIpc) is 3.29. The van der Waals surface area contributed by atoms with Crippen molar-refractivity contribution in [1.29, 1.82) is 0 Å². The number of aromatic hydroxyl groups is 1. The minimum atomic E-state index is -1.23. The van der Waals surface area contributed by atoms with Crippen molar-refractivity contribution in [2.24, 2.45) is 0 Å². The van der Waals surface area contributed by atoms with Crippen molar-refractivity contribution in [2.45, 2.75) is 70.9 Å². The Morgan fingerprint density at radius 1 is 0.957 bits per heavy atom. The van der Waals surface area contributed by atoms with Crippen molar-refractivity contribution in [3.05, 3.63) is 106 Å². The highest BCUT2D eigenvalue weighted by atomic mass is 16.6. The summed E-state index contributed by atoms with van der Waals surface area (Å²) >= 11 is 0. The van der Waals surface area contributed by atoms with Crippen LogP contribution in [0.4, 0.5) is 5.69 Å². The molecule has 2 atom stereocenters. The number of esters is 1. The molecule has 8 nitrogen and oxygen atoms in total. The third-order valence-corrected chi connectivity index (χ3v) is 9.66. The fraction of sp³-hybridized carbons (Fsp3) is 0.316. The second kappa shape index (κ2) is 10.5. The molecule has 0 aliphatic carbocycles. The van der Waals surface area contributed by atoms with Crippen molar-refractivity contribution in [2.75, 3.05) is 11.4 Å². The first-order valence-corrected chi connectivity index (χ1v) is 15.7. The molecule has 2 unspecified atom stereocenters. The Labute approximate surface area is 268 Å². The molecule has 2 N–H and O–H groups in total. The number of anilines is 1. The first kappa shape index (κ1) is 29.7. The third-order valence-electron chi connectivity index (χ3n) is 9.66. The second-order valence-electron chi connectivity index (χ2n) is 13.4. The fourth-order valence-corrected chi connectivity index (χ4v) is 7.61. The van der Waals surface area contributed by atoms with E-state index in [4.69, 9.17) is 14.2 Å². The van der Waals surface area contributed by atoms with Gasteiger partial charge in [0.2, 0.25) is 0 Å². The van der Waals surface area contributed by atoms with Crippen LogP contribution in [0.5, 0.6) is 28.7 Å². The Morgan fingerprint density at radius 3 is 2.41 bits per heavy atom. The molecule has 236 valence electrons. The molecule has 0 radical (unpaired) electrons. The van der Waals surface area contributed by atoms with Crippen LogP contribution in [0.25, 0.3) is 0 Å². The Balaban J connectivity index is 1.39. The lowest BCUT2D eigenvalue weighted by atomic mass is 9.74. The maximum Gasteiger partial charge on any atom is 0.340 e. The normalized spacial score (nSPS) is 20.2. The van der Waals surface area contributed by atoms with Crippen LogP contribution in [0.1, 0.15) is 89.7 Å². The molecule has 0 aromatic heterocycles. The number of ether oxygens (including phenoxy) is 3. The molecule has 0 bridgehead atoms. The van der Waals surface area contributed by atoms with Crippen molar-refractivity contribution in [1.82, 2.24) is 0 Å². The lowest BCUT2D eigenvalue weighted by Gasteiger charge is -2.48. The van der Waals surface area contributed by atoms with E-state index >= 15 is 0 Å². The summed E-state index contributed by atoms with van der Waals surface area (Å²) in [6.07, 6.45) is 1.48. The van der Waals surface area contributed by atoms with Gasteiger partial charge in [0.25, 0.3) is 0 Å². The lowest BCUT2D eigenvalue weighted by molar-refractivity contribution is -0.137. The lowest BCUT2D eigenvalue weighted by Crippen LogP contribution is -2.49. The number of hydrogen-bond donors (Lipinski definition) is 2. The number of hydrogen-bond acceptors (Lipinski definition) is 7. The standard InChI is InChI=1S/C38H37NO7/c1-21-15-25(16-22(2)35(21)42)44-24-12-13-29-32(17-24)45-33-19-31-27(23(3)20-37(4,5)39(31)14-8-11-34(40)41)18-30(33)38(29)28-10-7-6-9-26(28)36(43)46-38/h6-7,9-10,12-13,15-19,23,42H,8,11,14,20H2,1-5H3,(H,40,41). The second-order valence-corrected chi connectivity index (χ2v) is 13.4. The molecule has 7 rings (SSSR count). The molecule has 0 amide bonds. The molecule has 3 aliphatic heterocycles. The third kappa shape index (κ3) is 4.58. The highest BCUT2D eigenvalue weighted by Crippen LogP contribution is 2.59. The van der Waals surface area contributed by atoms with E-state index in [1.807, 2.05) is 56.3 Å². The Hall–Kier alpha value is -4.98. The zero-order chi connectivity index (χ0) is 32.5. The number of carbonyl (C=O) groups is 2. The van der Waals surface area contributed by atoms with Crippen molar-refractivity contribution in [3.8, 4) is 28.7 Å².